The fourth-order valence-corrected chi connectivity index (χ4v) is 5.63. The summed E-state index contributed by atoms with van der Waals surface area (Å²) in [4.78, 5) is 22.7. The van der Waals surface area contributed by atoms with E-state index in [0.29, 0.717) is 50.4 Å². The second-order valence-electron chi connectivity index (χ2n) is 11.5. The van der Waals surface area contributed by atoms with Gasteiger partial charge in [-0.15, -0.1) is 0 Å². The molecule has 1 aliphatic heterocycles. The zero-order valence-corrected chi connectivity index (χ0v) is 25.7. The Labute approximate surface area is 260 Å². The molecule has 1 aliphatic rings. The third-order valence-corrected chi connectivity index (χ3v) is 7.67. The molecule has 228 valence electrons. The Morgan fingerprint density at radius 3 is 1.55 bits per heavy atom. The van der Waals surface area contributed by atoms with Gasteiger partial charge in [-0.25, -0.2) is 0 Å². The lowest BCUT2D eigenvalue weighted by Crippen LogP contribution is -2.30. The number of aryl methyl sites for hydroxylation is 2. The minimum Gasteiger partial charge on any atom is -0.872 e. The van der Waals surface area contributed by atoms with E-state index in [1.807, 2.05) is 74.5 Å². The molecule has 0 saturated heterocycles. The highest BCUT2D eigenvalue weighted by atomic mass is 16.3. The van der Waals surface area contributed by atoms with E-state index < -0.39 is 0 Å². The lowest BCUT2D eigenvalue weighted by atomic mass is 10.0. The first-order valence-electron chi connectivity index (χ1n) is 15.3. The highest BCUT2D eigenvalue weighted by Gasteiger charge is 2.14. The van der Waals surface area contributed by atoms with Crippen molar-refractivity contribution in [3.8, 4) is 11.5 Å². The number of pyridine rings is 2. The van der Waals surface area contributed by atoms with Crippen molar-refractivity contribution in [3.05, 3.63) is 118 Å². The first-order valence-corrected chi connectivity index (χ1v) is 15.3. The van der Waals surface area contributed by atoms with Crippen LogP contribution in [0.15, 0.2) is 83.0 Å². The molecule has 0 N–H and O–H groups in total. The molecule has 2 aromatic carbocycles. The molecule has 3 heterocycles. The number of aliphatic imine (C=N–C) groups is 2. The van der Waals surface area contributed by atoms with Crippen LogP contribution in [0.25, 0.3) is 0 Å². The Morgan fingerprint density at radius 1 is 0.636 bits per heavy atom. The Hall–Kier alpha value is -4.40. The van der Waals surface area contributed by atoms with Crippen LogP contribution in [0.1, 0.15) is 57.6 Å². The normalized spacial score (nSPS) is 15.7. The molecule has 5 rings (SSSR count). The maximum atomic E-state index is 13.5. The van der Waals surface area contributed by atoms with E-state index in [4.69, 9.17) is 0 Å². The van der Waals surface area contributed by atoms with Crippen LogP contribution in [-0.2, 0) is 26.2 Å². The molecule has 0 unspecified atom stereocenters. The van der Waals surface area contributed by atoms with Gasteiger partial charge in [-0.2, -0.15) is 0 Å². The molecule has 44 heavy (non-hydrogen) atoms. The Bertz CT molecular complexity index is 1460. The number of nitrogens with zero attached hydrogens (tertiary/aromatic N) is 6. The fourth-order valence-electron chi connectivity index (χ4n) is 5.63. The smallest absolute Gasteiger partial charge is 0.0544 e. The summed E-state index contributed by atoms with van der Waals surface area (Å²) < 4.78 is 0. The number of rotatable bonds is 4. The van der Waals surface area contributed by atoms with E-state index in [0.717, 1.165) is 59.6 Å². The van der Waals surface area contributed by atoms with Crippen LogP contribution in [0.3, 0.4) is 0 Å². The molecule has 4 aromatic rings. The maximum absolute atomic E-state index is 13.5. The van der Waals surface area contributed by atoms with E-state index in [-0.39, 0.29) is 11.5 Å². The van der Waals surface area contributed by atoms with Crippen molar-refractivity contribution in [3.63, 3.8) is 0 Å². The molecule has 0 atom stereocenters. The van der Waals surface area contributed by atoms with E-state index in [1.54, 1.807) is 24.8 Å². The monoisotopic (exact) mass is 588 g/mol. The van der Waals surface area contributed by atoms with Gasteiger partial charge in [0, 0.05) is 77.2 Å². The quantitative estimate of drug-likeness (QED) is 0.346. The zero-order chi connectivity index (χ0) is 30.7. The minimum absolute atomic E-state index is 0.0198. The van der Waals surface area contributed by atoms with Gasteiger partial charge in [0.25, 0.3) is 0 Å². The van der Waals surface area contributed by atoms with Gasteiger partial charge in [-0.3, -0.25) is 29.8 Å². The summed E-state index contributed by atoms with van der Waals surface area (Å²) in [6.45, 7) is 8.93. The number of hydrogen-bond donors (Lipinski definition) is 0. The van der Waals surface area contributed by atoms with Crippen molar-refractivity contribution >= 4 is 12.4 Å². The van der Waals surface area contributed by atoms with E-state index >= 15 is 0 Å². The van der Waals surface area contributed by atoms with Crippen LogP contribution in [0.5, 0.6) is 11.5 Å². The Morgan fingerprint density at radius 2 is 1.11 bits per heavy atom. The molecule has 0 amide bonds. The van der Waals surface area contributed by atoms with Gasteiger partial charge in [0.1, 0.15) is 0 Å². The Balaban J connectivity index is 1.46. The van der Waals surface area contributed by atoms with Crippen LogP contribution < -0.4 is 10.2 Å². The zero-order valence-electron chi connectivity index (χ0n) is 25.7. The van der Waals surface area contributed by atoms with Crippen molar-refractivity contribution in [1.29, 1.82) is 0 Å². The molecular formula is C36H40N6O2-2. The lowest BCUT2D eigenvalue weighted by molar-refractivity contribution is -0.270. The maximum Gasteiger partial charge on any atom is 0.0544 e. The number of aromatic nitrogens is 2. The van der Waals surface area contributed by atoms with Crippen molar-refractivity contribution in [1.82, 2.24) is 19.8 Å². The molecule has 8 nitrogen and oxygen atoms in total. The van der Waals surface area contributed by atoms with E-state index in [1.165, 1.54) is 0 Å². The van der Waals surface area contributed by atoms with Crippen LogP contribution in [0, 0.1) is 13.8 Å². The van der Waals surface area contributed by atoms with Gasteiger partial charge in [0.15, 0.2) is 0 Å². The van der Waals surface area contributed by atoms with Crippen LogP contribution in [0.4, 0.5) is 0 Å². The first-order chi connectivity index (χ1) is 21.4. The molecule has 2 aromatic heterocycles. The van der Waals surface area contributed by atoms with Gasteiger partial charge in [0.2, 0.25) is 0 Å². The standard InChI is InChI=1S/C36H42N6O2/c1-27-17-29-21-37-11-7-12-38-22-30-18-28(2)20-32(36(30)44)24-42(26-34-10-4-6-14-40-34)16-8-15-41(23-31(19-27)35(29)43)25-33-9-3-5-13-39-33/h3-6,9-10,13-14,17-22,43-44H,7-8,11-12,15-16,23-26H2,1-2H3/p-2. The SMILES string of the molecule is Cc1cc2c([O-])c(c1)CN(Cc1ccccn1)CCCN(Cc1ccccn1)Cc1cc(C)cc(c1[O-])C=NCCCN=C2. The third kappa shape index (κ3) is 8.81. The molecule has 0 fully saturated rings. The molecule has 0 saturated carbocycles. The Kier molecular flexibility index (Phi) is 10.8. The summed E-state index contributed by atoms with van der Waals surface area (Å²) in [7, 11) is 0. The molecule has 0 spiro atoms. The molecule has 8 heteroatoms. The first kappa shape index (κ1) is 31.0. The number of fused-ring (bicyclic) bond motifs is 4. The van der Waals surface area contributed by atoms with Gasteiger partial charge in [-0.05, 0) is 73.2 Å². The summed E-state index contributed by atoms with van der Waals surface area (Å²) in [5.74, 6) is 0.0396. The number of hydrogen-bond acceptors (Lipinski definition) is 8. The summed E-state index contributed by atoms with van der Waals surface area (Å²) in [5, 5.41) is 27.0. The van der Waals surface area contributed by atoms with Crippen LogP contribution in [-0.4, -0.2) is 58.4 Å². The van der Waals surface area contributed by atoms with Crippen LogP contribution in [0.2, 0.25) is 0 Å². The molecule has 4 bridgehead atoms. The summed E-state index contributed by atoms with van der Waals surface area (Å²) >= 11 is 0. The predicted octanol–water partition coefficient (Wildman–Crippen LogP) is 4.58. The largest absolute Gasteiger partial charge is 0.872 e. The highest BCUT2D eigenvalue weighted by molar-refractivity contribution is 5.85. The van der Waals surface area contributed by atoms with Gasteiger partial charge in [0.05, 0.1) is 11.4 Å². The number of benzene rings is 2. The third-order valence-electron chi connectivity index (χ3n) is 7.67. The second kappa shape index (κ2) is 15.4. The second-order valence-corrected chi connectivity index (χ2v) is 11.5. The van der Waals surface area contributed by atoms with Crippen molar-refractivity contribution in [2.24, 2.45) is 9.98 Å². The summed E-state index contributed by atoms with van der Waals surface area (Å²) in [6.07, 6.45) is 8.56. The highest BCUT2D eigenvalue weighted by Crippen LogP contribution is 2.25. The lowest BCUT2D eigenvalue weighted by Gasteiger charge is -2.29. The average molecular weight is 589 g/mol. The predicted molar refractivity (Wildman–Crippen MR) is 172 cm³/mol. The van der Waals surface area contributed by atoms with E-state index in [9.17, 15) is 10.2 Å². The minimum atomic E-state index is 0.0198. The van der Waals surface area contributed by atoms with Gasteiger partial charge in [-0.1, -0.05) is 59.0 Å². The fraction of sp³-hybridized carbons (Fsp3) is 0.333. The van der Waals surface area contributed by atoms with Crippen molar-refractivity contribution in [2.45, 2.75) is 52.9 Å². The molecule has 0 aliphatic carbocycles. The van der Waals surface area contributed by atoms with Crippen molar-refractivity contribution < 1.29 is 10.2 Å². The van der Waals surface area contributed by atoms with Crippen molar-refractivity contribution in [2.75, 3.05) is 26.2 Å². The van der Waals surface area contributed by atoms with Crippen LogP contribution >= 0.6 is 0 Å². The molecule has 0 radical (unpaired) electrons. The topological polar surface area (TPSA) is 103 Å². The van der Waals surface area contributed by atoms with Gasteiger partial charge < -0.3 is 10.2 Å². The van der Waals surface area contributed by atoms with E-state index in [2.05, 4.69) is 29.8 Å². The average Bonchev–Trinajstić information content (AvgIpc) is 3.01. The molecular weight excluding hydrogens is 548 g/mol. The summed E-state index contributed by atoms with van der Waals surface area (Å²) in [5.41, 5.74) is 6.73. The summed E-state index contributed by atoms with van der Waals surface area (Å²) in [6, 6.07) is 19.6. The van der Waals surface area contributed by atoms with Gasteiger partial charge >= 0.3 is 0 Å².